The van der Waals surface area contributed by atoms with Crippen LogP contribution in [0.3, 0.4) is 0 Å². The number of benzene rings is 2. The van der Waals surface area contributed by atoms with Crippen LogP contribution in [-0.2, 0) is 6.54 Å². The highest BCUT2D eigenvalue weighted by Crippen LogP contribution is 2.28. The maximum absolute atomic E-state index is 13.7. The zero-order chi connectivity index (χ0) is 13.8. The standard InChI is InChI=1S/C14H14ClFN2O/c1-19-14-7-13(11(16)6-12(14)17)18-8-9-2-4-10(15)5-3-9/h2-7,18H,8,17H2,1H3. The molecule has 0 aliphatic rings. The topological polar surface area (TPSA) is 47.3 Å². The highest BCUT2D eigenvalue weighted by atomic mass is 35.5. The number of nitrogens with one attached hydrogen (secondary N) is 1. The lowest BCUT2D eigenvalue weighted by Crippen LogP contribution is -2.03. The van der Waals surface area contributed by atoms with Gasteiger partial charge in [-0.3, -0.25) is 0 Å². The smallest absolute Gasteiger partial charge is 0.148 e. The maximum Gasteiger partial charge on any atom is 0.148 e. The number of ether oxygens (including phenoxy) is 1. The summed E-state index contributed by atoms with van der Waals surface area (Å²) in [7, 11) is 1.49. The van der Waals surface area contributed by atoms with Gasteiger partial charge in [-0.15, -0.1) is 0 Å². The highest BCUT2D eigenvalue weighted by molar-refractivity contribution is 6.30. The van der Waals surface area contributed by atoms with Gasteiger partial charge in [0.2, 0.25) is 0 Å². The fraction of sp³-hybridized carbons (Fsp3) is 0.143. The number of rotatable bonds is 4. The molecule has 0 saturated heterocycles. The summed E-state index contributed by atoms with van der Waals surface area (Å²) in [5.41, 5.74) is 7.24. The number of anilines is 2. The predicted molar refractivity (Wildman–Crippen MR) is 76.1 cm³/mol. The molecule has 0 fully saturated rings. The Morgan fingerprint density at radius 1 is 1.26 bits per heavy atom. The summed E-state index contributed by atoms with van der Waals surface area (Å²) in [6, 6.07) is 10.1. The Balaban J connectivity index is 2.13. The molecule has 0 aliphatic heterocycles. The molecule has 0 aliphatic carbocycles. The van der Waals surface area contributed by atoms with Gasteiger partial charge in [-0.2, -0.15) is 0 Å². The molecule has 0 heterocycles. The molecule has 0 bridgehead atoms. The number of nitrogen functional groups attached to an aromatic ring is 1. The fourth-order valence-corrected chi connectivity index (χ4v) is 1.81. The van der Waals surface area contributed by atoms with Crippen molar-refractivity contribution in [2.75, 3.05) is 18.2 Å². The molecule has 3 N–H and O–H groups in total. The third-order valence-corrected chi connectivity index (χ3v) is 2.97. The first-order valence-corrected chi connectivity index (χ1v) is 6.09. The van der Waals surface area contributed by atoms with Crippen molar-refractivity contribution in [1.82, 2.24) is 0 Å². The molecule has 2 rings (SSSR count). The van der Waals surface area contributed by atoms with Crippen LogP contribution >= 0.6 is 11.6 Å². The first kappa shape index (κ1) is 13.5. The van der Waals surface area contributed by atoms with Crippen LogP contribution in [-0.4, -0.2) is 7.11 Å². The molecule has 0 saturated carbocycles. The molecular formula is C14H14ClFN2O. The molecule has 0 atom stereocenters. The summed E-state index contributed by atoms with van der Waals surface area (Å²) in [6.45, 7) is 0.487. The number of halogens is 2. The summed E-state index contributed by atoms with van der Waals surface area (Å²) in [6.07, 6.45) is 0. The van der Waals surface area contributed by atoms with Crippen LogP contribution < -0.4 is 15.8 Å². The molecule has 100 valence electrons. The molecule has 2 aromatic carbocycles. The van der Waals surface area contributed by atoms with E-state index < -0.39 is 5.82 Å². The molecule has 0 radical (unpaired) electrons. The van der Waals surface area contributed by atoms with Crippen molar-refractivity contribution in [2.45, 2.75) is 6.54 Å². The lowest BCUT2D eigenvalue weighted by molar-refractivity contribution is 0.416. The normalized spacial score (nSPS) is 10.3. The van der Waals surface area contributed by atoms with E-state index in [2.05, 4.69) is 5.32 Å². The molecule has 0 unspecified atom stereocenters. The lowest BCUT2D eigenvalue weighted by Gasteiger charge is -2.11. The number of hydrogen-bond donors (Lipinski definition) is 2. The molecule has 0 spiro atoms. The Bertz CT molecular complexity index is 572. The minimum absolute atomic E-state index is 0.275. The maximum atomic E-state index is 13.7. The van der Waals surface area contributed by atoms with Crippen LogP contribution in [0.15, 0.2) is 36.4 Å². The Morgan fingerprint density at radius 2 is 1.95 bits per heavy atom. The van der Waals surface area contributed by atoms with Crippen molar-refractivity contribution in [3.8, 4) is 5.75 Å². The molecule has 3 nitrogen and oxygen atoms in total. The summed E-state index contributed by atoms with van der Waals surface area (Å²) in [5, 5.41) is 3.67. The van der Waals surface area contributed by atoms with Gasteiger partial charge in [0, 0.05) is 23.7 Å². The second-order valence-electron chi connectivity index (χ2n) is 4.05. The van der Waals surface area contributed by atoms with Crippen LogP contribution in [0, 0.1) is 5.82 Å². The molecule has 19 heavy (non-hydrogen) atoms. The van der Waals surface area contributed by atoms with Gasteiger partial charge in [0.05, 0.1) is 18.5 Å². The predicted octanol–water partition coefficient (Wildman–Crippen LogP) is 3.68. The summed E-state index contributed by atoms with van der Waals surface area (Å²) in [4.78, 5) is 0. The van der Waals surface area contributed by atoms with Crippen molar-refractivity contribution in [3.05, 3.63) is 52.8 Å². The largest absolute Gasteiger partial charge is 0.495 e. The second kappa shape index (κ2) is 5.80. The molecule has 0 amide bonds. The Labute approximate surface area is 116 Å². The van der Waals surface area contributed by atoms with E-state index in [1.807, 2.05) is 12.1 Å². The van der Waals surface area contributed by atoms with Gasteiger partial charge in [0.15, 0.2) is 0 Å². The SMILES string of the molecule is COc1cc(NCc2ccc(Cl)cc2)c(F)cc1N. The van der Waals surface area contributed by atoms with E-state index in [0.29, 0.717) is 23.0 Å². The Morgan fingerprint density at radius 3 is 2.58 bits per heavy atom. The Kier molecular flexibility index (Phi) is 4.12. The van der Waals surface area contributed by atoms with Crippen LogP contribution in [0.2, 0.25) is 5.02 Å². The van der Waals surface area contributed by atoms with Crippen molar-refractivity contribution in [3.63, 3.8) is 0 Å². The minimum atomic E-state index is -0.410. The van der Waals surface area contributed by atoms with Crippen molar-refractivity contribution < 1.29 is 9.13 Å². The highest BCUT2D eigenvalue weighted by Gasteiger charge is 2.08. The zero-order valence-corrected chi connectivity index (χ0v) is 11.2. The van der Waals surface area contributed by atoms with Gasteiger partial charge < -0.3 is 15.8 Å². The fourth-order valence-electron chi connectivity index (χ4n) is 1.68. The Hall–Kier alpha value is -1.94. The number of hydrogen-bond acceptors (Lipinski definition) is 3. The van der Waals surface area contributed by atoms with E-state index in [1.54, 1.807) is 18.2 Å². The minimum Gasteiger partial charge on any atom is -0.495 e. The first-order valence-electron chi connectivity index (χ1n) is 5.71. The van der Waals surface area contributed by atoms with Gasteiger partial charge in [-0.25, -0.2) is 4.39 Å². The molecular weight excluding hydrogens is 267 g/mol. The average molecular weight is 281 g/mol. The first-order chi connectivity index (χ1) is 9.10. The van der Waals surface area contributed by atoms with Crippen molar-refractivity contribution >= 4 is 23.0 Å². The second-order valence-corrected chi connectivity index (χ2v) is 4.49. The lowest BCUT2D eigenvalue weighted by atomic mass is 10.2. The van der Waals surface area contributed by atoms with Crippen LogP contribution in [0.5, 0.6) is 5.75 Å². The van der Waals surface area contributed by atoms with Gasteiger partial charge >= 0.3 is 0 Å². The van der Waals surface area contributed by atoms with Crippen molar-refractivity contribution in [2.24, 2.45) is 0 Å². The van der Waals surface area contributed by atoms with E-state index in [9.17, 15) is 4.39 Å². The van der Waals surface area contributed by atoms with E-state index >= 15 is 0 Å². The average Bonchev–Trinajstić information content (AvgIpc) is 2.40. The quantitative estimate of drug-likeness (QED) is 0.840. The number of methoxy groups -OCH3 is 1. The van der Waals surface area contributed by atoms with Gasteiger partial charge in [0.25, 0.3) is 0 Å². The number of nitrogens with two attached hydrogens (primary N) is 1. The third-order valence-electron chi connectivity index (χ3n) is 2.72. The summed E-state index contributed by atoms with van der Waals surface area (Å²) >= 11 is 5.80. The van der Waals surface area contributed by atoms with Crippen LogP contribution in [0.1, 0.15) is 5.56 Å². The summed E-state index contributed by atoms with van der Waals surface area (Å²) in [5.74, 6) is 0.0345. The van der Waals surface area contributed by atoms with Crippen molar-refractivity contribution in [1.29, 1.82) is 0 Å². The van der Waals surface area contributed by atoms with Crippen LogP contribution in [0.4, 0.5) is 15.8 Å². The van der Waals surface area contributed by atoms with E-state index in [1.165, 1.54) is 13.2 Å². The zero-order valence-electron chi connectivity index (χ0n) is 10.4. The monoisotopic (exact) mass is 280 g/mol. The molecule has 2 aromatic rings. The van der Waals surface area contributed by atoms with Crippen LogP contribution in [0.25, 0.3) is 0 Å². The molecule has 5 heteroatoms. The molecule has 0 aromatic heterocycles. The summed E-state index contributed by atoms with van der Waals surface area (Å²) < 4.78 is 18.8. The van der Waals surface area contributed by atoms with Gasteiger partial charge in [-0.05, 0) is 17.7 Å². The van der Waals surface area contributed by atoms with E-state index in [0.717, 1.165) is 5.56 Å². The van der Waals surface area contributed by atoms with E-state index in [4.69, 9.17) is 22.1 Å². The third kappa shape index (κ3) is 3.29. The van der Waals surface area contributed by atoms with Gasteiger partial charge in [0.1, 0.15) is 11.6 Å². The van der Waals surface area contributed by atoms with E-state index in [-0.39, 0.29) is 5.69 Å². The van der Waals surface area contributed by atoms with Gasteiger partial charge in [-0.1, -0.05) is 23.7 Å².